The summed E-state index contributed by atoms with van der Waals surface area (Å²) in [6.45, 7) is 3.87. The zero-order chi connectivity index (χ0) is 21.2. The monoisotopic (exact) mass is 398 g/mol. The second kappa shape index (κ2) is 10.6. The van der Waals surface area contributed by atoms with Gasteiger partial charge in [-0.1, -0.05) is 0 Å². The van der Waals surface area contributed by atoms with Crippen molar-refractivity contribution in [1.82, 2.24) is 10.4 Å². The highest BCUT2D eigenvalue weighted by Crippen LogP contribution is 2.26. The third-order valence-electron chi connectivity index (χ3n) is 3.63. The maximum atomic E-state index is 12.0. The molecule has 0 aliphatic rings. The van der Waals surface area contributed by atoms with E-state index in [0.29, 0.717) is 29.2 Å². The van der Waals surface area contributed by atoms with E-state index < -0.39 is 5.91 Å². The van der Waals surface area contributed by atoms with Crippen molar-refractivity contribution in [2.24, 2.45) is 5.10 Å². The minimum atomic E-state index is -0.531. The molecule has 29 heavy (non-hydrogen) atoms. The number of amides is 1. The molecule has 0 aliphatic carbocycles. The molecule has 0 spiro atoms. The van der Waals surface area contributed by atoms with E-state index >= 15 is 0 Å². The first-order valence-corrected chi connectivity index (χ1v) is 8.78. The number of hydrogen-bond acceptors (Lipinski definition) is 8. The van der Waals surface area contributed by atoms with Gasteiger partial charge in [0.1, 0.15) is 11.6 Å². The number of aromatic nitrogens is 1. The first kappa shape index (κ1) is 21.7. The lowest BCUT2D eigenvalue weighted by Crippen LogP contribution is -2.25. The molecule has 0 saturated carbocycles. The Kier molecular flexibility index (Phi) is 7.94. The number of ether oxygens (including phenoxy) is 3. The molecule has 9 nitrogen and oxygen atoms in total. The van der Waals surface area contributed by atoms with Crippen molar-refractivity contribution in [3.8, 4) is 23.4 Å². The minimum Gasteiger partial charge on any atom is -0.504 e. The average Bonchev–Trinajstić information content (AvgIpc) is 2.68. The number of carbonyl (C=O) groups excluding carboxylic acids is 1. The van der Waals surface area contributed by atoms with Gasteiger partial charge < -0.3 is 19.3 Å². The van der Waals surface area contributed by atoms with Crippen molar-refractivity contribution in [3.05, 3.63) is 46.6 Å². The van der Waals surface area contributed by atoms with Crippen molar-refractivity contribution in [2.45, 2.75) is 20.5 Å². The molecular formula is C20H22N4O5. The van der Waals surface area contributed by atoms with E-state index in [1.54, 1.807) is 25.1 Å². The third kappa shape index (κ3) is 6.19. The standard InChI is InChI=1S/C20H22N4O5/c1-4-28-18-6-5-14(8-17(18)25)10-22-24-19(26)12-29-20-16(9-21)15(11-27-3)7-13(2)23-20/h5-8,10,25H,4,11-12H2,1-3H3,(H,24,26)/b22-10-. The fourth-order valence-electron chi connectivity index (χ4n) is 2.44. The van der Waals surface area contributed by atoms with Gasteiger partial charge in [0, 0.05) is 18.4 Å². The first-order chi connectivity index (χ1) is 14.0. The molecule has 2 aromatic rings. The Labute approximate surface area is 168 Å². The zero-order valence-electron chi connectivity index (χ0n) is 16.4. The van der Waals surface area contributed by atoms with Gasteiger partial charge in [0.05, 0.1) is 19.4 Å². The molecule has 0 atom stereocenters. The molecule has 0 radical (unpaired) electrons. The molecule has 0 saturated heterocycles. The quantitative estimate of drug-likeness (QED) is 0.489. The van der Waals surface area contributed by atoms with Crippen LogP contribution in [0.4, 0.5) is 0 Å². The van der Waals surface area contributed by atoms with Crippen LogP contribution in [0, 0.1) is 18.3 Å². The van der Waals surface area contributed by atoms with Gasteiger partial charge in [0.25, 0.3) is 5.91 Å². The van der Waals surface area contributed by atoms with Crippen molar-refractivity contribution in [2.75, 3.05) is 20.3 Å². The maximum absolute atomic E-state index is 12.0. The number of benzene rings is 1. The summed E-state index contributed by atoms with van der Waals surface area (Å²) < 4.78 is 15.7. The third-order valence-corrected chi connectivity index (χ3v) is 3.63. The highest BCUT2D eigenvalue weighted by Gasteiger charge is 2.14. The fraction of sp³-hybridized carbons (Fsp3) is 0.300. The Balaban J connectivity index is 1.96. The summed E-state index contributed by atoms with van der Waals surface area (Å²) in [4.78, 5) is 16.1. The number of phenolic OH excluding ortho intramolecular Hbond substituents is 1. The van der Waals surface area contributed by atoms with Gasteiger partial charge in [-0.3, -0.25) is 4.79 Å². The molecule has 1 heterocycles. The van der Waals surface area contributed by atoms with Crippen LogP contribution >= 0.6 is 0 Å². The van der Waals surface area contributed by atoms with Crippen LogP contribution < -0.4 is 14.9 Å². The van der Waals surface area contributed by atoms with Gasteiger partial charge in [-0.05, 0) is 43.7 Å². The summed E-state index contributed by atoms with van der Waals surface area (Å²) in [5.41, 5.74) is 4.37. The Morgan fingerprint density at radius 1 is 1.38 bits per heavy atom. The van der Waals surface area contributed by atoms with Gasteiger partial charge in [-0.2, -0.15) is 10.4 Å². The molecule has 152 valence electrons. The molecule has 1 aromatic carbocycles. The van der Waals surface area contributed by atoms with E-state index in [4.69, 9.17) is 14.2 Å². The van der Waals surface area contributed by atoms with Gasteiger partial charge in [-0.15, -0.1) is 0 Å². The normalized spacial score (nSPS) is 10.6. The van der Waals surface area contributed by atoms with Crippen molar-refractivity contribution < 1.29 is 24.1 Å². The summed E-state index contributed by atoms with van der Waals surface area (Å²) in [6, 6.07) is 8.50. The highest BCUT2D eigenvalue weighted by molar-refractivity contribution is 5.83. The second-order valence-corrected chi connectivity index (χ2v) is 5.89. The van der Waals surface area contributed by atoms with Crippen LogP contribution in [0.2, 0.25) is 0 Å². The fourth-order valence-corrected chi connectivity index (χ4v) is 2.44. The van der Waals surface area contributed by atoms with E-state index in [0.717, 1.165) is 0 Å². The Morgan fingerprint density at radius 3 is 2.83 bits per heavy atom. The number of hydrogen-bond donors (Lipinski definition) is 2. The number of aromatic hydroxyl groups is 1. The van der Waals surface area contributed by atoms with Crippen LogP contribution in [-0.4, -0.2) is 42.5 Å². The summed E-state index contributed by atoms with van der Waals surface area (Å²) in [6.07, 6.45) is 1.37. The number of hydrazone groups is 1. The molecule has 0 bridgehead atoms. The number of phenols is 1. The number of aryl methyl sites for hydroxylation is 1. The van der Waals surface area contributed by atoms with Crippen LogP contribution in [0.25, 0.3) is 0 Å². The molecule has 0 fully saturated rings. The topological polar surface area (TPSA) is 126 Å². The molecule has 2 N–H and O–H groups in total. The number of pyridine rings is 1. The molecule has 1 aromatic heterocycles. The summed E-state index contributed by atoms with van der Waals surface area (Å²) in [7, 11) is 1.52. The van der Waals surface area contributed by atoms with E-state index in [1.807, 2.05) is 13.0 Å². The molecule has 0 unspecified atom stereocenters. The Hall–Kier alpha value is -3.64. The van der Waals surface area contributed by atoms with Crippen molar-refractivity contribution >= 4 is 12.1 Å². The summed E-state index contributed by atoms with van der Waals surface area (Å²) >= 11 is 0. The molecule has 0 aliphatic heterocycles. The number of rotatable bonds is 9. The smallest absolute Gasteiger partial charge is 0.278 e. The van der Waals surface area contributed by atoms with Crippen LogP contribution in [0.3, 0.4) is 0 Å². The predicted octanol–water partition coefficient (Wildman–Crippen LogP) is 2.04. The number of methoxy groups -OCH3 is 1. The van der Waals surface area contributed by atoms with Gasteiger partial charge in [0.15, 0.2) is 18.1 Å². The molecular weight excluding hydrogens is 376 g/mol. The summed E-state index contributed by atoms with van der Waals surface area (Å²) in [5.74, 6) is -0.118. The maximum Gasteiger partial charge on any atom is 0.278 e. The molecule has 2 rings (SSSR count). The van der Waals surface area contributed by atoms with Gasteiger partial charge in [0.2, 0.25) is 5.88 Å². The number of carbonyl (C=O) groups is 1. The lowest BCUT2D eigenvalue weighted by Gasteiger charge is -2.10. The number of nitrogens with zero attached hydrogens (tertiary/aromatic N) is 3. The highest BCUT2D eigenvalue weighted by atomic mass is 16.5. The molecule has 1 amide bonds. The van der Waals surface area contributed by atoms with E-state index in [2.05, 4.69) is 15.5 Å². The van der Waals surface area contributed by atoms with Crippen molar-refractivity contribution in [1.29, 1.82) is 5.26 Å². The predicted molar refractivity (Wildman–Crippen MR) is 105 cm³/mol. The van der Waals surface area contributed by atoms with Crippen molar-refractivity contribution in [3.63, 3.8) is 0 Å². The largest absolute Gasteiger partial charge is 0.504 e. The van der Waals surface area contributed by atoms with Crippen LogP contribution in [0.5, 0.6) is 17.4 Å². The second-order valence-electron chi connectivity index (χ2n) is 5.89. The van der Waals surface area contributed by atoms with Crippen LogP contribution in [0.15, 0.2) is 29.4 Å². The summed E-state index contributed by atoms with van der Waals surface area (Å²) in [5, 5.41) is 23.0. The van der Waals surface area contributed by atoms with E-state index in [1.165, 1.54) is 19.4 Å². The lowest BCUT2D eigenvalue weighted by atomic mass is 10.1. The van der Waals surface area contributed by atoms with E-state index in [9.17, 15) is 15.2 Å². The SMILES string of the molecule is CCOc1ccc(/C=N\NC(=O)COc2nc(C)cc(COC)c2C#N)cc1O. The van der Waals surface area contributed by atoms with Gasteiger partial charge >= 0.3 is 0 Å². The van der Waals surface area contributed by atoms with E-state index in [-0.39, 0.29) is 30.4 Å². The average molecular weight is 398 g/mol. The zero-order valence-corrected chi connectivity index (χ0v) is 16.4. The van der Waals surface area contributed by atoms with Gasteiger partial charge in [-0.25, -0.2) is 10.4 Å². The minimum absolute atomic E-state index is 0.0214. The molecule has 9 heteroatoms. The van der Waals surface area contributed by atoms with Crippen LogP contribution in [-0.2, 0) is 16.1 Å². The first-order valence-electron chi connectivity index (χ1n) is 8.78. The Bertz CT molecular complexity index is 937. The number of nitrogens with one attached hydrogen (secondary N) is 1. The van der Waals surface area contributed by atoms with Crippen LogP contribution in [0.1, 0.15) is 29.3 Å². The Morgan fingerprint density at radius 2 is 2.17 bits per heavy atom. The number of nitriles is 1. The lowest BCUT2D eigenvalue weighted by molar-refractivity contribution is -0.123.